The molecule has 0 bridgehead atoms. The number of hydrogen-bond acceptors (Lipinski definition) is 3. The van der Waals surface area contributed by atoms with Gasteiger partial charge in [-0.1, -0.05) is 6.58 Å². The number of carboxylic acid groups (broad SMARTS) is 1. The Kier molecular flexibility index (Phi) is 2.49. The lowest BCUT2D eigenvalue weighted by atomic mass is 10.1. The number of Topliss-reactive ketones (excluding diaryl/α,β-unsaturated/α-hetero) is 2. The van der Waals surface area contributed by atoms with Crippen LogP contribution in [0.4, 0.5) is 0 Å². The average molecular weight is 142 g/mol. The standard InChI is InChI=1S/C6H6O4/c1-3(6(9)10)5(8)4(2)7/h1H2,2H3,(H,9,10). The van der Waals surface area contributed by atoms with Gasteiger partial charge in [-0.25, -0.2) is 4.79 Å². The monoisotopic (exact) mass is 142 g/mol. The molecule has 0 saturated carbocycles. The van der Waals surface area contributed by atoms with Crippen LogP contribution in [0, 0.1) is 0 Å². The summed E-state index contributed by atoms with van der Waals surface area (Å²) in [6.07, 6.45) is 0. The van der Waals surface area contributed by atoms with Crippen molar-refractivity contribution in [2.24, 2.45) is 0 Å². The Bertz CT molecular complexity index is 190. The first-order chi connectivity index (χ1) is 4.46. The number of carbonyl (C=O) groups excluding carboxylic acids is 2. The molecule has 0 atom stereocenters. The Balaban J connectivity index is 4.39. The fraction of sp³-hybridized carbons (Fsp3) is 0.167. The van der Waals surface area contributed by atoms with Crippen molar-refractivity contribution in [3.05, 3.63) is 12.2 Å². The molecule has 0 aliphatic heterocycles. The van der Waals surface area contributed by atoms with E-state index in [9.17, 15) is 14.4 Å². The molecular weight excluding hydrogens is 136 g/mol. The molecular formula is C6H6O4. The van der Waals surface area contributed by atoms with Crippen LogP contribution in [0.1, 0.15) is 6.92 Å². The normalized spacial score (nSPS) is 8.50. The first kappa shape index (κ1) is 8.55. The molecule has 0 spiro atoms. The molecule has 0 aromatic heterocycles. The van der Waals surface area contributed by atoms with Crippen molar-refractivity contribution in [1.29, 1.82) is 0 Å². The van der Waals surface area contributed by atoms with Gasteiger partial charge in [-0.3, -0.25) is 9.59 Å². The van der Waals surface area contributed by atoms with Gasteiger partial charge in [0.2, 0.25) is 11.6 Å². The molecule has 54 valence electrons. The van der Waals surface area contributed by atoms with Gasteiger partial charge in [-0.15, -0.1) is 0 Å². The van der Waals surface area contributed by atoms with E-state index in [1.54, 1.807) is 0 Å². The van der Waals surface area contributed by atoms with Gasteiger partial charge in [0.05, 0.1) is 0 Å². The van der Waals surface area contributed by atoms with Crippen LogP contribution in [0.3, 0.4) is 0 Å². The van der Waals surface area contributed by atoms with Crippen molar-refractivity contribution in [3.63, 3.8) is 0 Å². The first-order valence-electron chi connectivity index (χ1n) is 2.44. The second-order valence-electron chi connectivity index (χ2n) is 1.67. The Labute approximate surface area is 57.2 Å². The largest absolute Gasteiger partial charge is 0.478 e. The molecule has 1 N–H and O–H groups in total. The number of carboxylic acids is 1. The Hall–Kier alpha value is -1.45. The topological polar surface area (TPSA) is 71.4 Å². The van der Waals surface area contributed by atoms with Crippen LogP contribution in [-0.2, 0) is 14.4 Å². The third-order valence-corrected chi connectivity index (χ3v) is 0.852. The molecule has 0 amide bonds. The highest BCUT2D eigenvalue weighted by molar-refractivity contribution is 6.48. The predicted octanol–water partition coefficient (Wildman–Crippen LogP) is -0.215. The van der Waals surface area contributed by atoms with Crippen LogP contribution in [0.5, 0.6) is 0 Å². The van der Waals surface area contributed by atoms with Crippen molar-refractivity contribution >= 4 is 17.5 Å². The maximum absolute atomic E-state index is 10.5. The summed E-state index contributed by atoms with van der Waals surface area (Å²) in [7, 11) is 0. The summed E-state index contributed by atoms with van der Waals surface area (Å²) in [6, 6.07) is 0. The zero-order valence-electron chi connectivity index (χ0n) is 5.38. The van der Waals surface area contributed by atoms with Crippen LogP contribution in [-0.4, -0.2) is 22.6 Å². The van der Waals surface area contributed by atoms with Gasteiger partial charge >= 0.3 is 5.97 Å². The van der Waals surface area contributed by atoms with Crippen molar-refractivity contribution in [2.75, 3.05) is 0 Å². The fourth-order valence-corrected chi connectivity index (χ4v) is 0.310. The van der Waals surface area contributed by atoms with Crippen molar-refractivity contribution in [1.82, 2.24) is 0 Å². The smallest absolute Gasteiger partial charge is 0.339 e. The Morgan fingerprint density at radius 1 is 1.30 bits per heavy atom. The lowest BCUT2D eigenvalue weighted by Crippen LogP contribution is -2.17. The molecule has 4 nitrogen and oxygen atoms in total. The van der Waals surface area contributed by atoms with Crippen molar-refractivity contribution in [2.45, 2.75) is 6.92 Å². The van der Waals surface area contributed by atoms with Crippen molar-refractivity contribution < 1.29 is 19.5 Å². The molecule has 0 aliphatic rings. The third-order valence-electron chi connectivity index (χ3n) is 0.852. The number of aliphatic carboxylic acids is 1. The zero-order chi connectivity index (χ0) is 8.31. The van der Waals surface area contributed by atoms with Gasteiger partial charge < -0.3 is 5.11 Å². The molecule has 0 aromatic rings. The van der Waals surface area contributed by atoms with Crippen LogP contribution in [0.15, 0.2) is 12.2 Å². The summed E-state index contributed by atoms with van der Waals surface area (Å²) in [5.74, 6) is -3.32. The molecule has 4 heteroatoms. The predicted molar refractivity (Wildman–Crippen MR) is 32.5 cm³/mol. The van der Waals surface area contributed by atoms with E-state index in [1.165, 1.54) is 0 Å². The SMILES string of the molecule is C=C(C(=O)O)C(=O)C(C)=O. The summed E-state index contributed by atoms with van der Waals surface area (Å²) in [5, 5.41) is 8.13. The average Bonchev–Trinajstić information content (AvgIpc) is 1.84. The van der Waals surface area contributed by atoms with E-state index < -0.39 is 23.1 Å². The lowest BCUT2D eigenvalue weighted by Gasteiger charge is -1.91. The van der Waals surface area contributed by atoms with E-state index in [1.807, 2.05) is 0 Å². The van der Waals surface area contributed by atoms with Gasteiger partial charge in [0.1, 0.15) is 5.57 Å². The van der Waals surface area contributed by atoms with Crippen LogP contribution in [0.2, 0.25) is 0 Å². The minimum absolute atomic E-state index is 0.687. The highest BCUT2D eigenvalue weighted by atomic mass is 16.4. The van der Waals surface area contributed by atoms with Gasteiger partial charge in [0.15, 0.2) is 0 Å². The molecule has 0 heterocycles. The summed E-state index contributed by atoms with van der Waals surface area (Å²) in [4.78, 5) is 30.6. The number of ketones is 2. The molecule has 0 aliphatic carbocycles. The molecule has 0 rings (SSSR count). The van der Waals surface area contributed by atoms with E-state index in [0.29, 0.717) is 0 Å². The molecule has 0 radical (unpaired) electrons. The third kappa shape index (κ3) is 1.81. The Morgan fingerprint density at radius 3 is 1.80 bits per heavy atom. The number of carbonyl (C=O) groups is 3. The second-order valence-corrected chi connectivity index (χ2v) is 1.67. The zero-order valence-corrected chi connectivity index (χ0v) is 5.38. The quantitative estimate of drug-likeness (QED) is 0.256. The first-order valence-corrected chi connectivity index (χ1v) is 2.44. The van der Waals surface area contributed by atoms with E-state index in [4.69, 9.17) is 5.11 Å². The maximum atomic E-state index is 10.5. The summed E-state index contributed by atoms with van der Waals surface area (Å²) in [6.45, 7) is 3.90. The summed E-state index contributed by atoms with van der Waals surface area (Å²) in [5.41, 5.74) is -0.687. The highest BCUT2D eigenvalue weighted by Gasteiger charge is 2.17. The maximum Gasteiger partial charge on any atom is 0.339 e. The van der Waals surface area contributed by atoms with Gasteiger partial charge in [-0.2, -0.15) is 0 Å². The van der Waals surface area contributed by atoms with E-state index >= 15 is 0 Å². The van der Waals surface area contributed by atoms with Crippen molar-refractivity contribution in [3.8, 4) is 0 Å². The molecule has 0 fully saturated rings. The molecule has 0 aromatic carbocycles. The van der Waals surface area contributed by atoms with Crippen LogP contribution >= 0.6 is 0 Å². The lowest BCUT2D eigenvalue weighted by molar-refractivity contribution is -0.138. The highest BCUT2D eigenvalue weighted by Crippen LogP contribution is 1.92. The van der Waals surface area contributed by atoms with Crippen LogP contribution < -0.4 is 0 Å². The minimum Gasteiger partial charge on any atom is -0.478 e. The number of hydrogen-bond donors (Lipinski definition) is 1. The van der Waals surface area contributed by atoms with Crippen LogP contribution in [0.25, 0.3) is 0 Å². The second kappa shape index (κ2) is 2.91. The molecule has 0 unspecified atom stereocenters. The van der Waals surface area contributed by atoms with E-state index in [-0.39, 0.29) is 0 Å². The molecule has 10 heavy (non-hydrogen) atoms. The minimum atomic E-state index is -1.46. The number of rotatable bonds is 3. The summed E-state index contributed by atoms with van der Waals surface area (Å²) >= 11 is 0. The van der Waals surface area contributed by atoms with Gasteiger partial charge in [0.25, 0.3) is 0 Å². The van der Waals surface area contributed by atoms with E-state index in [2.05, 4.69) is 6.58 Å². The summed E-state index contributed by atoms with van der Waals surface area (Å²) < 4.78 is 0. The van der Waals surface area contributed by atoms with Gasteiger partial charge in [0, 0.05) is 6.92 Å². The fourth-order valence-electron chi connectivity index (χ4n) is 0.310. The molecule has 0 saturated heterocycles. The van der Waals surface area contributed by atoms with E-state index in [0.717, 1.165) is 6.92 Å². The van der Waals surface area contributed by atoms with Gasteiger partial charge in [-0.05, 0) is 0 Å². The Morgan fingerprint density at radius 2 is 1.70 bits per heavy atom.